The number of amides is 1. The highest BCUT2D eigenvalue weighted by Gasteiger charge is 2.40. The van der Waals surface area contributed by atoms with Gasteiger partial charge in [0.05, 0.1) is 11.8 Å². The van der Waals surface area contributed by atoms with Gasteiger partial charge < -0.3 is 4.90 Å². The van der Waals surface area contributed by atoms with Crippen LogP contribution in [0, 0.1) is 12.3 Å². The van der Waals surface area contributed by atoms with Crippen LogP contribution >= 0.6 is 0 Å². The molecule has 0 aromatic heterocycles. The van der Waals surface area contributed by atoms with E-state index < -0.39 is 21.5 Å². The normalized spacial score (nSPS) is 21.3. The predicted octanol–water partition coefficient (Wildman–Crippen LogP) is 2.68. The van der Waals surface area contributed by atoms with Crippen LogP contribution in [-0.2, 0) is 21.2 Å². The molecule has 1 atom stereocenters. The number of sulfone groups is 1. The molecule has 3 rings (SSSR count). The van der Waals surface area contributed by atoms with Gasteiger partial charge in [-0.25, -0.2) is 8.42 Å². The summed E-state index contributed by atoms with van der Waals surface area (Å²) in [5.74, 6) is 2.40. The number of hydrogen-bond acceptors (Lipinski definition) is 5. The van der Waals surface area contributed by atoms with Crippen LogP contribution in [0.25, 0.3) is 0 Å². The van der Waals surface area contributed by atoms with E-state index in [1.807, 2.05) is 30.3 Å². The first kappa shape index (κ1) is 18.3. The molecule has 0 N–H and O–H groups in total. The summed E-state index contributed by atoms with van der Waals surface area (Å²) in [6.07, 6.45) is 8.86. The van der Waals surface area contributed by atoms with Crippen molar-refractivity contribution in [2.75, 3.05) is 5.75 Å². The fraction of sp³-hybridized carbons (Fsp3) is 0.421. The molecule has 7 heteroatoms. The highest BCUT2D eigenvalue weighted by Crippen LogP contribution is 2.38. The maximum atomic E-state index is 12.9. The van der Waals surface area contributed by atoms with Crippen LogP contribution < -0.4 is 0 Å². The molecule has 0 spiro atoms. The van der Waals surface area contributed by atoms with Gasteiger partial charge in [0.1, 0.15) is 0 Å². The SMILES string of the molecule is C#CCCC1(CCC(=O)N(Cc2ccccc2)C2C=CS(=O)(=O)C2)N=N1. The maximum absolute atomic E-state index is 12.9. The minimum absolute atomic E-state index is 0.0669. The predicted molar refractivity (Wildman–Crippen MR) is 98.6 cm³/mol. The lowest BCUT2D eigenvalue weighted by Crippen LogP contribution is -2.40. The van der Waals surface area contributed by atoms with E-state index in [0.29, 0.717) is 25.8 Å². The Hall–Kier alpha value is -2.46. The van der Waals surface area contributed by atoms with Crippen LogP contribution in [0.5, 0.6) is 0 Å². The highest BCUT2D eigenvalue weighted by atomic mass is 32.2. The summed E-state index contributed by atoms with van der Waals surface area (Å²) in [6.45, 7) is 0.371. The van der Waals surface area contributed by atoms with Crippen LogP contribution in [0.15, 0.2) is 52.0 Å². The molecule has 1 amide bonds. The summed E-state index contributed by atoms with van der Waals surface area (Å²) in [6, 6.07) is 9.11. The van der Waals surface area contributed by atoms with E-state index in [1.165, 1.54) is 5.41 Å². The van der Waals surface area contributed by atoms with E-state index in [0.717, 1.165) is 5.56 Å². The van der Waals surface area contributed by atoms with Crippen molar-refractivity contribution in [2.24, 2.45) is 10.2 Å². The summed E-state index contributed by atoms with van der Waals surface area (Å²) >= 11 is 0. The monoisotopic (exact) mass is 371 g/mol. The zero-order chi connectivity index (χ0) is 18.6. The van der Waals surface area contributed by atoms with Crippen LogP contribution in [0.3, 0.4) is 0 Å². The summed E-state index contributed by atoms with van der Waals surface area (Å²) in [5, 5.41) is 9.31. The van der Waals surface area contributed by atoms with E-state index in [9.17, 15) is 13.2 Å². The molecular formula is C19H21N3O3S. The minimum Gasteiger partial charge on any atom is -0.331 e. The van der Waals surface area contributed by atoms with Gasteiger partial charge in [0.25, 0.3) is 0 Å². The summed E-state index contributed by atoms with van der Waals surface area (Å²) in [4.78, 5) is 14.5. The minimum atomic E-state index is -3.24. The molecule has 6 nitrogen and oxygen atoms in total. The maximum Gasteiger partial charge on any atom is 0.223 e. The van der Waals surface area contributed by atoms with Crippen molar-refractivity contribution in [2.45, 2.75) is 43.9 Å². The van der Waals surface area contributed by atoms with E-state index in [4.69, 9.17) is 6.42 Å². The lowest BCUT2D eigenvalue weighted by molar-refractivity contribution is -0.133. The Morgan fingerprint density at radius 2 is 2.00 bits per heavy atom. The Morgan fingerprint density at radius 3 is 2.58 bits per heavy atom. The van der Waals surface area contributed by atoms with Gasteiger partial charge >= 0.3 is 0 Å². The molecule has 0 aliphatic carbocycles. The molecule has 0 saturated heterocycles. The van der Waals surface area contributed by atoms with Gasteiger partial charge in [-0.15, -0.1) is 12.3 Å². The molecular weight excluding hydrogens is 350 g/mol. The lowest BCUT2D eigenvalue weighted by atomic mass is 10.0. The number of rotatable bonds is 8. The molecule has 1 aromatic rings. The van der Waals surface area contributed by atoms with Gasteiger partial charge in [-0.2, -0.15) is 10.2 Å². The molecule has 136 valence electrons. The van der Waals surface area contributed by atoms with Crippen molar-refractivity contribution >= 4 is 15.7 Å². The van der Waals surface area contributed by atoms with Crippen LogP contribution in [0.1, 0.15) is 31.2 Å². The van der Waals surface area contributed by atoms with Crippen molar-refractivity contribution in [1.29, 1.82) is 0 Å². The van der Waals surface area contributed by atoms with Crippen molar-refractivity contribution in [3.63, 3.8) is 0 Å². The van der Waals surface area contributed by atoms with E-state index >= 15 is 0 Å². The molecule has 2 aliphatic rings. The number of carbonyl (C=O) groups is 1. The third kappa shape index (κ3) is 4.58. The molecule has 0 radical (unpaired) electrons. The van der Waals surface area contributed by atoms with Gasteiger partial charge in [-0.1, -0.05) is 30.3 Å². The fourth-order valence-corrected chi connectivity index (χ4v) is 4.34. The van der Waals surface area contributed by atoms with E-state index in [2.05, 4.69) is 16.1 Å². The van der Waals surface area contributed by atoms with Crippen LogP contribution in [0.4, 0.5) is 0 Å². The Bertz CT molecular complexity index is 863. The molecule has 0 saturated carbocycles. The lowest BCUT2D eigenvalue weighted by Gasteiger charge is -2.28. The standard InChI is InChI=1S/C19H21N3O3S/c1-2-3-11-19(20-21-19)12-9-18(23)22(14-16-7-5-4-6-8-16)17-10-13-26(24,25)15-17/h1,4-8,10,13,17H,3,9,11-12,14-15H2. The van der Waals surface area contributed by atoms with Crippen LogP contribution in [-0.4, -0.2) is 36.7 Å². The van der Waals surface area contributed by atoms with Gasteiger partial charge in [-0.05, 0) is 11.6 Å². The second-order valence-corrected chi connectivity index (χ2v) is 8.55. The third-order valence-electron chi connectivity index (χ3n) is 4.62. The molecule has 0 fully saturated rings. The molecule has 0 bridgehead atoms. The molecule has 1 aromatic carbocycles. The molecule has 2 heterocycles. The fourth-order valence-electron chi connectivity index (χ4n) is 3.04. The summed E-state index contributed by atoms with van der Waals surface area (Å²) in [7, 11) is -3.24. The van der Waals surface area contributed by atoms with Crippen molar-refractivity contribution < 1.29 is 13.2 Å². The van der Waals surface area contributed by atoms with Crippen molar-refractivity contribution in [1.82, 2.24) is 4.90 Å². The van der Waals surface area contributed by atoms with Gasteiger partial charge in [0.15, 0.2) is 15.5 Å². The number of benzene rings is 1. The first-order chi connectivity index (χ1) is 12.4. The number of terminal acetylenes is 1. The van der Waals surface area contributed by atoms with E-state index in [-0.39, 0.29) is 18.1 Å². The Labute approximate surface area is 153 Å². The number of hydrogen-bond donors (Lipinski definition) is 0. The van der Waals surface area contributed by atoms with Gasteiger partial charge in [-0.3, -0.25) is 4.79 Å². The Kier molecular flexibility index (Phi) is 5.23. The third-order valence-corrected chi connectivity index (χ3v) is 6.00. The second kappa shape index (κ2) is 7.42. The van der Waals surface area contributed by atoms with E-state index in [1.54, 1.807) is 11.0 Å². The summed E-state index contributed by atoms with van der Waals surface area (Å²) in [5.41, 5.74) is 0.444. The number of carbonyl (C=O) groups excluding carboxylic acids is 1. The topological polar surface area (TPSA) is 79.2 Å². The Balaban J connectivity index is 1.68. The Morgan fingerprint density at radius 1 is 1.27 bits per heavy atom. The van der Waals surface area contributed by atoms with Crippen molar-refractivity contribution in [3.05, 3.63) is 47.4 Å². The largest absolute Gasteiger partial charge is 0.331 e. The molecule has 1 unspecified atom stereocenters. The average molecular weight is 371 g/mol. The van der Waals surface area contributed by atoms with Gasteiger partial charge in [0.2, 0.25) is 5.91 Å². The zero-order valence-corrected chi connectivity index (χ0v) is 15.2. The number of nitrogens with zero attached hydrogens (tertiary/aromatic N) is 3. The second-order valence-electron chi connectivity index (χ2n) is 6.62. The van der Waals surface area contributed by atoms with Crippen molar-refractivity contribution in [3.8, 4) is 12.3 Å². The van der Waals surface area contributed by atoms with Gasteiger partial charge in [0, 0.05) is 37.6 Å². The summed E-state index contributed by atoms with van der Waals surface area (Å²) < 4.78 is 23.6. The first-order valence-corrected chi connectivity index (χ1v) is 10.3. The smallest absolute Gasteiger partial charge is 0.223 e. The average Bonchev–Trinajstić information content (AvgIpc) is 3.32. The zero-order valence-electron chi connectivity index (χ0n) is 14.4. The highest BCUT2D eigenvalue weighted by molar-refractivity contribution is 7.94. The quantitative estimate of drug-likeness (QED) is 0.659. The first-order valence-electron chi connectivity index (χ1n) is 8.55. The molecule has 2 aliphatic heterocycles. The van der Waals surface area contributed by atoms with Crippen LogP contribution in [0.2, 0.25) is 0 Å². The molecule has 26 heavy (non-hydrogen) atoms.